The number of carbonyl (C=O) groups is 1. The second kappa shape index (κ2) is 6.08. The Bertz CT molecular complexity index is 397. The molecule has 0 aliphatic rings. The fourth-order valence-electron chi connectivity index (χ4n) is 1.42. The second-order valence-electron chi connectivity index (χ2n) is 3.71. The van der Waals surface area contributed by atoms with Gasteiger partial charge >= 0.3 is 0 Å². The van der Waals surface area contributed by atoms with Crippen LogP contribution in [0.25, 0.3) is 6.08 Å². The number of aryl methyl sites for hydroxylation is 2. The Hall–Kier alpha value is -1.61. The number of rotatable bonds is 4. The van der Waals surface area contributed by atoms with Gasteiger partial charge in [0, 0.05) is 12.6 Å². The zero-order valence-electron chi connectivity index (χ0n) is 9.66. The van der Waals surface area contributed by atoms with E-state index in [0.717, 1.165) is 11.1 Å². The first kappa shape index (κ1) is 12.5. The Morgan fingerprint density at radius 3 is 2.81 bits per heavy atom. The van der Waals surface area contributed by atoms with E-state index in [1.807, 2.05) is 26.0 Å². The zero-order valence-corrected chi connectivity index (χ0v) is 9.66. The van der Waals surface area contributed by atoms with E-state index in [1.54, 1.807) is 6.08 Å². The van der Waals surface area contributed by atoms with Gasteiger partial charge in [-0.2, -0.15) is 0 Å². The van der Waals surface area contributed by atoms with Gasteiger partial charge in [-0.1, -0.05) is 23.8 Å². The van der Waals surface area contributed by atoms with Crippen LogP contribution < -0.4 is 5.32 Å². The minimum absolute atomic E-state index is 0.0386. The van der Waals surface area contributed by atoms with Crippen LogP contribution in [0.5, 0.6) is 0 Å². The molecule has 0 heterocycles. The van der Waals surface area contributed by atoms with Crippen molar-refractivity contribution in [2.45, 2.75) is 13.8 Å². The molecule has 0 aromatic heterocycles. The molecule has 0 atom stereocenters. The Kier molecular flexibility index (Phi) is 4.73. The summed E-state index contributed by atoms with van der Waals surface area (Å²) in [5.41, 5.74) is 3.38. The van der Waals surface area contributed by atoms with Gasteiger partial charge in [-0.25, -0.2) is 0 Å². The summed E-state index contributed by atoms with van der Waals surface area (Å²) in [6.07, 6.45) is 3.26. The van der Waals surface area contributed by atoms with Crippen molar-refractivity contribution in [3.05, 3.63) is 41.0 Å². The molecule has 0 spiro atoms. The number of aliphatic hydroxyl groups excluding tert-OH is 1. The summed E-state index contributed by atoms with van der Waals surface area (Å²) in [5, 5.41) is 11.1. The van der Waals surface area contributed by atoms with Crippen LogP contribution in [0.15, 0.2) is 24.3 Å². The van der Waals surface area contributed by atoms with Gasteiger partial charge in [0.2, 0.25) is 5.91 Å². The van der Waals surface area contributed by atoms with Crippen LogP contribution in [0, 0.1) is 13.8 Å². The van der Waals surface area contributed by atoms with E-state index in [0.29, 0.717) is 0 Å². The summed E-state index contributed by atoms with van der Waals surface area (Å²) < 4.78 is 0. The molecule has 0 aliphatic heterocycles. The third-order valence-electron chi connectivity index (χ3n) is 2.25. The summed E-state index contributed by atoms with van der Waals surface area (Å²) >= 11 is 0. The van der Waals surface area contributed by atoms with Gasteiger partial charge in [0.25, 0.3) is 0 Å². The maximum Gasteiger partial charge on any atom is 0.244 e. The molecule has 0 saturated heterocycles. The van der Waals surface area contributed by atoms with E-state index in [1.165, 1.54) is 11.6 Å². The quantitative estimate of drug-likeness (QED) is 0.752. The molecule has 0 unspecified atom stereocenters. The van der Waals surface area contributed by atoms with Crippen molar-refractivity contribution in [3.8, 4) is 0 Å². The van der Waals surface area contributed by atoms with Crippen LogP contribution in [0.3, 0.4) is 0 Å². The first-order chi connectivity index (χ1) is 7.63. The lowest BCUT2D eigenvalue weighted by molar-refractivity contribution is -0.116. The molecule has 0 radical (unpaired) electrons. The van der Waals surface area contributed by atoms with Crippen molar-refractivity contribution in [1.82, 2.24) is 5.32 Å². The highest BCUT2D eigenvalue weighted by molar-refractivity contribution is 5.91. The number of aliphatic hydroxyl groups is 1. The molecule has 86 valence electrons. The van der Waals surface area contributed by atoms with Gasteiger partial charge in [0.05, 0.1) is 6.61 Å². The molecule has 1 amide bonds. The minimum Gasteiger partial charge on any atom is -0.395 e. The third kappa shape index (κ3) is 3.87. The molecule has 1 aromatic carbocycles. The highest BCUT2D eigenvalue weighted by Gasteiger charge is 1.96. The Labute approximate surface area is 95.8 Å². The number of amides is 1. The summed E-state index contributed by atoms with van der Waals surface area (Å²) in [5.74, 6) is -0.186. The van der Waals surface area contributed by atoms with Crippen molar-refractivity contribution >= 4 is 12.0 Å². The van der Waals surface area contributed by atoms with Crippen LogP contribution in [-0.4, -0.2) is 24.2 Å². The van der Waals surface area contributed by atoms with Crippen LogP contribution >= 0.6 is 0 Å². The minimum atomic E-state index is -0.186. The lowest BCUT2D eigenvalue weighted by Gasteiger charge is -2.02. The fraction of sp³-hybridized carbons (Fsp3) is 0.308. The Balaban J connectivity index is 2.65. The maximum absolute atomic E-state index is 11.2. The van der Waals surface area contributed by atoms with Gasteiger partial charge in [-0.15, -0.1) is 0 Å². The summed E-state index contributed by atoms with van der Waals surface area (Å²) in [6.45, 7) is 4.30. The fourth-order valence-corrected chi connectivity index (χ4v) is 1.42. The predicted octanol–water partition coefficient (Wildman–Crippen LogP) is 1.43. The number of carbonyl (C=O) groups excluding carboxylic acids is 1. The SMILES string of the molecule is Cc1ccc(/C=C/C(=O)NCCO)c(C)c1. The summed E-state index contributed by atoms with van der Waals surface area (Å²) in [6, 6.07) is 6.07. The third-order valence-corrected chi connectivity index (χ3v) is 2.25. The number of hydrogen-bond acceptors (Lipinski definition) is 2. The maximum atomic E-state index is 11.2. The molecule has 16 heavy (non-hydrogen) atoms. The normalized spacial score (nSPS) is 10.7. The van der Waals surface area contributed by atoms with Crippen LogP contribution in [0.4, 0.5) is 0 Å². The number of benzene rings is 1. The van der Waals surface area contributed by atoms with Crippen LogP contribution in [0.1, 0.15) is 16.7 Å². The summed E-state index contributed by atoms with van der Waals surface area (Å²) in [7, 11) is 0. The average Bonchev–Trinajstić information content (AvgIpc) is 2.25. The van der Waals surface area contributed by atoms with Gasteiger partial charge in [-0.05, 0) is 31.1 Å². The monoisotopic (exact) mass is 219 g/mol. The van der Waals surface area contributed by atoms with Gasteiger partial charge in [0.15, 0.2) is 0 Å². The van der Waals surface area contributed by atoms with Crippen molar-refractivity contribution in [2.24, 2.45) is 0 Å². The molecule has 0 fully saturated rings. The Morgan fingerprint density at radius 2 is 2.19 bits per heavy atom. The van der Waals surface area contributed by atoms with Crippen LogP contribution in [0.2, 0.25) is 0 Å². The molecule has 0 bridgehead atoms. The molecular formula is C13H17NO2. The first-order valence-corrected chi connectivity index (χ1v) is 5.27. The van der Waals surface area contributed by atoms with E-state index >= 15 is 0 Å². The lowest BCUT2D eigenvalue weighted by atomic mass is 10.1. The Morgan fingerprint density at radius 1 is 1.44 bits per heavy atom. The molecule has 3 heteroatoms. The van der Waals surface area contributed by atoms with E-state index in [4.69, 9.17) is 5.11 Å². The molecule has 1 aromatic rings. The first-order valence-electron chi connectivity index (χ1n) is 5.27. The molecule has 3 nitrogen and oxygen atoms in total. The second-order valence-corrected chi connectivity index (χ2v) is 3.71. The number of hydrogen-bond donors (Lipinski definition) is 2. The molecule has 0 aliphatic carbocycles. The van der Waals surface area contributed by atoms with E-state index in [2.05, 4.69) is 11.4 Å². The van der Waals surface area contributed by atoms with Crippen molar-refractivity contribution in [2.75, 3.05) is 13.2 Å². The van der Waals surface area contributed by atoms with Gasteiger partial charge in [-0.3, -0.25) is 4.79 Å². The highest BCUT2D eigenvalue weighted by atomic mass is 16.3. The van der Waals surface area contributed by atoms with Gasteiger partial charge in [0.1, 0.15) is 0 Å². The highest BCUT2D eigenvalue weighted by Crippen LogP contribution is 2.11. The van der Waals surface area contributed by atoms with E-state index < -0.39 is 0 Å². The molecule has 2 N–H and O–H groups in total. The van der Waals surface area contributed by atoms with E-state index in [9.17, 15) is 4.79 Å². The average molecular weight is 219 g/mol. The van der Waals surface area contributed by atoms with Gasteiger partial charge < -0.3 is 10.4 Å². The molecular weight excluding hydrogens is 202 g/mol. The van der Waals surface area contributed by atoms with E-state index in [-0.39, 0.29) is 19.1 Å². The van der Waals surface area contributed by atoms with Crippen molar-refractivity contribution < 1.29 is 9.90 Å². The number of nitrogens with one attached hydrogen (secondary N) is 1. The topological polar surface area (TPSA) is 49.3 Å². The molecule has 1 rings (SSSR count). The lowest BCUT2D eigenvalue weighted by Crippen LogP contribution is -2.24. The predicted molar refractivity (Wildman–Crippen MR) is 65.0 cm³/mol. The van der Waals surface area contributed by atoms with Crippen molar-refractivity contribution in [3.63, 3.8) is 0 Å². The zero-order chi connectivity index (χ0) is 12.0. The largest absolute Gasteiger partial charge is 0.395 e. The molecule has 0 saturated carbocycles. The summed E-state index contributed by atoms with van der Waals surface area (Å²) in [4.78, 5) is 11.2. The smallest absolute Gasteiger partial charge is 0.244 e. The standard InChI is InChI=1S/C13H17NO2/c1-10-3-4-12(11(2)9-10)5-6-13(16)14-7-8-15/h3-6,9,15H,7-8H2,1-2H3,(H,14,16)/b6-5+. The van der Waals surface area contributed by atoms with Crippen LogP contribution in [-0.2, 0) is 4.79 Å². The van der Waals surface area contributed by atoms with Crippen molar-refractivity contribution in [1.29, 1.82) is 0 Å².